The van der Waals surface area contributed by atoms with Crippen LogP contribution in [0.2, 0.25) is 0 Å². The summed E-state index contributed by atoms with van der Waals surface area (Å²) in [7, 11) is 0. The minimum Gasteiger partial charge on any atom is -0.400 e. The van der Waals surface area contributed by atoms with Gasteiger partial charge in [0, 0.05) is 17.7 Å². The first-order valence-corrected chi connectivity index (χ1v) is 5.06. The molecule has 1 aromatic rings. The van der Waals surface area contributed by atoms with Crippen LogP contribution in [0.3, 0.4) is 0 Å². The summed E-state index contributed by atoms with van der Waals surface area (Å²) in [5, 5.41) is 2.53. The zero-order chi connectivity index (χ0) is 11.5. The number of carbonyl (C=O) groups is 2. The third-order valence-electron chi connectivity index (χ3n) is 2.47. The lowest BCUT2D eigenvalue weighted by molar-refractivity contribution is -0.120. The normalized spacial score (nSPS) is 15.9. The number of carbonyl (C=O) groups excluding carboxylic acids is 2. The second kappa shape index (κ2) is 4.18. The quantitative estimate of drug-likeness (QED) is 0.723. The Morgan fingerprint density at radius 1 is 1.19 bits per heavy atom. The van der Waals surface area contributed by atoms with Crippen LogP contribution >= 0.6 is 0 Å². The van der Waals surface area contributed by atoms with Crippen LogP contribution in [0.1, 0.15) is 23.2 Å². The minimum absolute atomic E-state index is 0.159. The number of nitrogens with one attached hydrogen (secondary N) is 1. The molecule has 0 spiro atoms. The van der Waals surface area contributed by atoms with Crippen molar-refractivity contribution < 1.29 is 9.59 Å². The summed E-state index contributed by atoms with van der Waals surface area (Å²) in [5.74, 6) is -0.389. The third-order valence-corrected chi connectivity index (χ3v) is 2.47. The standard InChI is InChI=1S/C12H12N2O2/c13-9-6-7-10(15)14-11(9)12(16)8-4-2-1-3-5-8/h1-5H,6-7,13H2,(H,14,15). The van der Waals surface area contributed by atoms with Crippen molar-refractivity contribution in [3.05, 3.63) is 47.3 Å². The fourth-order valence-electron chi connectivity index (χ4n) is 1.59. The van der Waals surface area contributed by atoms with Crippen molar-refractivity contribution in [1.82, 2.24) is 5.32 Å². The van der Waals surface area contributed by atoms with Crippen LogP contribution in [0.15, 0.2) is 41.7 Å². The molecule has 0 aromatic heterocycles. The smallest absolute Gasteiger partial charge is 0.224 e. The van der Waals surface area contributed by atoms with Crippen LogP contribution in [-0.2, 0) is 4.79 Å². The molecule has 1 aliphatic rings. The number of benzene rings is 1. The molecule has 2 rings (SSSR count). The fourth-order valence-corrected chi connectivity index (χ4v) is 1.59. The van der Waals surface area contributed by atoms with Gasteiger partial charge in [-0.05, 0) is 6.42 Å². The summed E-state index contributed by atoms with van der Waals surface area (Å²) < 4.78 is 0. The van der Waals surface area contributed by atoms with Crippen LogP contribution in [0.25, 0.3) is 0 Å². The van der Waals surface area contributed by atoms with Gasteiger partial charge in [0.25, 0.3) is 0 Å². The maximum atomic E-state index is 12.0. The second-order valence-corrected chi connectivity index (χ2v) is 3.64. The van der Waals surface area contributed by atoms with Crippen molar-refractivity contribution in [1.29, 1.82) is 0 Å². The number of Topliss-reactive ketones (excluding diaryl/α,β-unsaturated/α-hetero) is 1. The van der Waals surface area contributed by atoms with Crippen molar-refractivity contribution in [3.63, 3.8) is 0 Å². The molecule has 0 saturated carbocycles. The van der Waals surface area contributed by atoms with Crippen LogP contribution < -0.4 is 11.1 Å². The van der Waals surface area contributed by atoms with E-state index < -0.39 is 0 Å². The molecule has 3 N–H and O–H groups in total. The molecular weight excluding hydrogens is 204 g/mol. The lowest BCUT2D eigenvalue weighted by Crippen LogP contribution is -2.34. The van der Waals surface area contributed by atoms with Crippen LogP contribution in [0, 0.1) is 0 Å². The van der Waals surface area contributed by atoms with E-state index in [0.29, 0.717) is 24.1 Å². The van der Waals surface area contributed by atoms with Crippen molar-refractivity contribution in [2.45, 2.75) is 12.8 Å². The van der Waals surface area contributed by atoms with E-state index in [1.54, 1.807) is 24.3 Å². The molecule has 4 heteroatoms. The second-order valence-electron chi connectivity index (χ2n) is 3.64. The van der Waals surface area contributed by atoms with E-state index in [9.17, 15) is 9.59 Å². The predicted molar refractivity (Wildman–Crippen MR) is 59.4 cm³/mol. The lowest BCUT2D eigenvalue weighted by atomic mass is 10.0. The number of allylic oxidation sites excluding steroid dienone is 2. The number of hydrogen-bond acceptors (Lipinski definition) is 3. The molecule has 0 fully saturated rings. The monoisotopic (exact) mass is 216 g/mol. The first kappa shape index (κ1) is 10.4. The predicted octanol–water partition coefficient (Wildman–Crippen LogP) is 0.950. The van der Waals surface area contributed by atoms with Gasteiger partial charge < -0.3 is 11.1 Å². The molecule has 4 nitrogen and oxygen atoms in total. The first-order valence-electron chi connectivity index (χ1n) is 5.06. The first-order chi connectivity index (χ1) is 7.68. The highest BCUT2D eigenvalue weighted by atomic mass is 16.2. The fraction of sp³-hybridized carbons (Fsp3) is 0.167. The van der Waals surface area contributed by atoms with Gasteiger partial charge in [-0.15, -0.1) is 0 Å². The highest BCUT2D eigenvalue weighted by Gasteiger charge is 2.22. The molecule has 16 heavy (non-hydrogen) atoms. The van der Waals surface area contributed by atoms with E-state index in [2.05, 4.69) is 5.32 Å². The Labute approximate surface area is 93.1 Å². The number of rotatable bonds is 2. The van der Waals surface area contributed by atoms with Gasteiger partial charge in [-0.3, -0.25) is 9.59 Å². The zero-order valence-electron chi connectivity index (χ0n) is 8.69. The number of hydrogen-bond donors (Lipinski definition) is 2. The van der Waals surface area contributed by atoms with E-state index in [-0.39, 0.29) is 17.4 Å². The Kier molecular flexibility index (Phi) is 2.72. The average molecular weight is 216 g/mol. The van der Waals surface area contributed by atoms with Gasteiger partial charge in [0.2, 0.25) is 11.7 Å². The summed E-state index contributed by atoms with van der Waals surface area (Å²) >= 11 is 0. The summed E-state index contributed by atoms with van der Waals surface area (Å²) in [5.41, 5.74) is 6.93. The van der Waals surface area contributed by atoms with Gasteiger partial charge in [-0.1, -0.05) is 30.3 Å². The topological polar surface area (TPSA) is 72.2 Å². The van der Waals surface area contributed by atoms with Gasteiger partial charge in [-0.25, -0.2) is 0 Å². The highest BCUT2D eigenvalue weighted by molar-refractivity contribution is 6.11. The molecule has 0 radical (unpaired) electrons. The van der Waals surface area contributed by atoms with Crippen molar-refractivity contribution in [3.8, 4) is 0 Å². The number of nitrogens with two attached hydrogens (primary N) is 1. The van der Waals surface area contributed by atoms with Crippen LogP contribution in [0.5, 0.6) is 0 Å². The Morgan fingerprint density at radius 3 is 2.56 bits per heavy atom. The molecule has 1 heterocycles. The van der Waals surface area contributed by atoms with Crippen molar-refractivity contribution in [2.75, 3.05) is 0 Å². The molecule has 0 aliphatic carbocycles. The van der Waals surface area contributed by atoms with Crippen molar-refractivity contribution in [2.24, 2.45) is 5.73 Å². The highest BCUT2D eigenvalue weighted by Crippen LogP contribution is 2.15. The molecular formula is C12H12N2O2. The van der Waals surface area contributed by atoms with E-state index >= 15 is 0 Å². The maximum Gasteiger partial charge on any atom is 0.224 e. The lowest BCUT2D eigenvalue weighted by Gasteiger charge is -2.17. The molecule has 0 atom stereocenters. The summed E-state index contributed by atoms with van der Waals surface area (Å²) in [6, 6.07) is 8.77. The molecule has 1 aliphatic heterocycles. The van der Waals surface area contributed by atoms with Crippen molar-refractivity contribution >= 4 is 11.7 Å². The van der Waals surface area contributed by atoms with Gasteiger partial charge in [0.05, 0.1) is 0 Å². The summed E-state index contributed by atoms with van der Waals surface area (Å²) in [6.45, 7) is 0. The third kappa shape index (κ3) is 1.95. The Bertz CT molecular complexity index is 463. The maximum absolute atomic E-state index is 12.0. The molecule has 1 amide bonds. The van der Waals surface area contributed by atoms with E-state index in [0.717, 1.165) is 0 Å². The van der Waals surface area contributed by atoms with Gasteiger partial charge in [-0.2, -0.15) is 0 Å². The van der Waals surface area contributed by atoms with Gasteiger partial charge in [0.1, 0.15) is 5.70 Å². The summed E-state index contributed by atoms with van der Waals surface area (Å²) in [6.07, 6.45) is 0.789. The van der Waals surface area contributed by atoms with Gasteiger partial charge in [0.15, 0.2) is 0 Å². The largest absolute Gasteiger partial charge is 0.400 e. The average Bonchev–Trinajstić information content (AvgIpc) is 2.32. The molecule has 0 bridgehead atoms. The molecule has 1 aromatic carbocycles. The Morgan fingerprint density at radius 2 is 1.88 bits per heavy atom. The molecule has 0 saturated heterocycles. The van der Waals surface area contributed by atoms with Gasteiger partial charge >= 0.3 is 0 Å². The van der Waals surface area contributed by atoms with Crippen LogP contribution in [0.4, 0.5) is 0 Å². The summed E-state index contributed by atoms with van der Waals surface area (Å²) in [4.78, 5) is 23.2. The Balaban J connectivity index is 2.32. The molecule has 82 valence electrons. The Hall–Kier alpha value is -2.10. The zero-order valence-corrected chi connectivity index (χ0v) is 8.69. The van der Waals surface area contributed by atoms with E-state index in [1.807, 2.05) is 6.07 Å². The number of amides is 1. The SMILES string of the molecule is NC1=C(C(=O)c2ccccc2)NC(=O)CC1. The molecule has 0 unspecified atom stereocenters. The van der Waals surface area contributed by atoms with E-state index in [1.165, 1.54) is 0 Å². The van der Waals surface area contributed by atoms with E-state index in [4.69, 9.17) is 5.73 Å². The van der Waals surface area contributed by atoms with Crippen LogP contribution in [-0.4, -0.2) is 11.7 Å². The minimum atomic E-state index is -0.230. The number of ketones is 1.